The number of aliphatic hydroxyl groups excluding tert-OH is 1. The normalized spacial score (nSPS) is 19.2. The second-order valence-electron chi connectivity index (χ2n) is 7.04. The molecule has 0 unspecified atom stereocenters. The van der Waals surface area contributed by atoms with Crippen LogP contribution >= 0.6 is 0 Å². The van der Waals surface area contributed by atoms with Gasteiger partial charge in [-0.15, -0.1) is 0 Å². The number of benzene rings is 1. The number of hydrogen-bond acceptors (Lipinski definition) is 7. The number of carbonyl (C=O) groups is 1. The number of hydrogen-bond donors (Lipinski definition) is 1. The predicted molar refractivity (Wildman–Crippen MR) is 103 cm³/mol. The van der Waals surface area contributed by atoms with Gasteiger partial charge < -0.3 is 14.5 Å². The highest BCUT2D eigenvalue weighted by atomic mass is 16.5. The quantitative estimate of drug-likeness (QED) is 0.570. The van der Waals surface area contributed by atoms with Crippen LogP contribution in [-0.4, -0.2) is 53.2 Å². The fraction of sp³-hybridized carbons (Fsp3) is 0.250. The number of amides is 1. The number of nitrogens with zero attached hydrogens (tertiary/aromatic N) is 6. The fourth-order valence-electron chi connectivity index (χ4n) is 3.69. The Bertz CT molecular complexity index is 1180. The number of β-amino-alcohol motifs (C(OH)–C–C–N with tert-alkyl or cyclic N) is 1. The van der Waals surface area contributed by atoms with Crippen LogP contribution in [0.5, 0.6) is 0 Å². The third kappa shape index (κ3) is 3.05. The highest BCUT2D eigenvalue weighted by Gasteiger charge is 2.37. The van der Waals surface area contributed by atoms with E-state index < -0.39 is 12.1 Å². The van der Waals surface area contributed by atoms with Crippen molar-refractivity contribution >= 4 is 16.9 Å². The number of aromatic nitrogens is 5. The van der Waals surface area contributed by atoms with Crippen LogP contribution < -0.4 is 0 Å². The van der Waals surface area contributed by atoms with Gasteiger partial charge in [-0.1, -0.05) is 17.3 Å². The summed E-state index contributed by atoms with van der Waals surface area (Å²) >= 11 is 0. The lowest BCUT2D eigenvalue weighted by molar-refractivity contribution is -0.130. The van der Waals surface area contributed by atoms with E-state index in [1.807, 2.05) is 41.0 Å². The van der Waals surface area contributed by atoms with E-state index in [1.165, 1.54) is 6.92 Å². The van der Waals surface area contributed by atoms with Crippen LogP contribution in [-0.2, 0) is 4.79 Å². The molecule has 1 amide bonds. The second kappa shape index (κ2) is 6.78. The van der Waals surface area contributed by atoms with Gasteiger partial charge in [0.15, 0.2) is 0 Å². The van der Waals surface area contributed by atoms with Crippen molar-refractivity contribution in [3.8, 4) is 17.2 Å². The van der Waals surface area contributed by atoms with Gasteiger partial charge in [-0.3, -0.25) is 9.36 Å². The van der Waals surface area contributed by atoms with E-state index in [0.29, 0.717) is 23.7 Å². The minimum absolute atomic E-state index is 0.134. The van der Waals surface area contributed by atoms with E-state index in [4.69, 9.17) is 4.52 Å². The monoisotopic (exact) mass is 390 g/mol. The topological polar surface area (TPSA) is 110 Å². The van der Waals surface area contributed by atoms with Crippen LogP contribution in [0.2, 0.25) is 0 Å². The van der Waals surface area contributed by atoms with Crippen LogP contribution in [0.4, 0.5) is 0 Å². The molecule has 4 heterocycles. The number of fused-ring (bicyclic) bond motifs is 1. The van der Waals surface area contributed by atoms with Gasteiger partial charge in [-0.2, -0.15) is 4.98 Å². The lowest BCUT2D eigenvalue weighted by atomic mass is 10.2. The summed E-state index contributed by atoms with van der Waals surface area (Å²) in [4.78, 5) is 26.7. The molecule has 0 saturated carbocycles. The fourth-order valence-corrected chi connectivity index (χ4v) is 3.69. The summed E-state index contributed by atoms with van der Waals surface area (Å²) in [5, 5.41) is 13.9. The molecule has 1 aliphatic rings. The number of imidazole rings is 1. The van der Waals surface area contributed by atoms with Crippen molar-refractivity contribution in [2.75, 3.05) is 6.54 Å². The molecule has 0 radical (unpaired) electrons. The molecule has 1 aromatic carbocycles. The Morgan fingerprint density at radius 3 is 2.86 bits per heavy atom. The van der Waals surface area contributed by atoms with E-state index >= 15 is 0 Å². The largest absolute Gasteiger partial charge is 0.391 e. The van der Waals surface area contributed by atoms with E-state index in [-0.39, 0.29) is 12.5 Å². The third-order valence-corrected chi connectivity index (χ3v) is 5.12. The highest BCUT2D eigenvalue weighted by molar-refractivity contribution is 5.77. The molecule has 1 N–H and O–H groups in total. The van der Waals surface area contributed by atoms with E-state index in [2.05, 4.69) is 20.1 Å². The van der Waals surface area contributed by atoms with Crippen molar-refractivity contribution in [2.24, 2.45) is 0 Å². The molecule has 1 saturated heterocycles. The minimum Gasteiger partial charge on any atom is -0.391 e. The SMILES string of the molecule is CC(=O)N1C[C@H](O)C[C@@H]1c1nc(-c2ccc(-n3cnc4ccccc43)nc2)no1. The molecule has 2 atom stereocenters. The zero-order valence-electron chi connectivity index (χ0n) is 15.6. The molecule has 0 bridgehead atoms. The van der Waals surface area contributed by atoms with Gasteiger partial charge in [0, 0.05) is 31.6 Å². The van der Waals surface area contributed by atoms with Crippen molar-refractivity contribution in [3.63, 3.8) is 0 Å². The molecule has 1 fully saturated rings. The number of pyridine rings is 1. The van der Waals surface area contributed by atoms with Crippen LogP contribution in [0.1, 0.15) is 25.3 Å². The summed E-state index contributed by atoms with van der Waals surface area (Å²) in [5.74, 6) is 1.30. The maximum atomic E-state index is 11.8. The van der Waals surface area contributed by atoms with Crippen LogP contribution in [0.25, 0.3) is 28.2 Å². The molecule has 0 aliphatic carbocycles. The molecular formula is C20H18N6O3. The summed E-state index contributed by atoms with van der Waals surface area (Å²) in [5.41, 5.74) is 2.56. The standard InChI is InChI=1S/C20H18N6O3/c1-12(27)25-10-14(28)8-17(25)20-23-19(24-29-20)13-6-7-18(21-9-13)26-11-22-15-4-2-3-5-16(15)26/h2-7,9,11,14,17,28H,8,10H2,1H3/t14-,17-/m1/s1. The first-order valence-electron chi connectivity index (χ1n) is 9.28. The lowest BCUT2D eigenvalue weighted by Gasteiger charge is -2.19. The summed E-state index contributed by atoms with van der Waals surface area (Å²) in [7, 11) is 0. The van der Waals surface area contributed by atoms with Crippen molar-refractivity contribution in [3.05, 3.63) is 54.8 Å². The Hall–Kier alpha value is -3.59. The summed E-state index contributed by atoms with van der Waals surface area (Å²) in [6, 6.07) is 11.2. The first-order valence-corrected chi connectivity index (χ1v) is 9.28. The number of rotatable bonds is 3. The van der Waals surface area contributed by atoms with Gasteiger partial charge in [0.25, 0.3) is 0 Å². The van der Waals surface area contributed by atoms with Crippen molar-refractivity contribution < 1.29 is 14.4 Å². The predicted octanol–water partition coefficient (Wildman–Crippen LogP) is 2.12. The number of carbonyl (C=O) groups excluding carboxylic acids is 1. The van der Waals surface area contributed by atoms with Gasteiger partial charge in [0.2, 0.25) is 17.6 Å². The smallest absolute Gasteiger partial charge is 0.249 e. The van der Waals surface area contributed by atoms with Crippen molar-refractivity contribution in [2.45, 2.75) is 25.5 Å². The maximum Gasteiger partial charge on any atom is 0.249 e. The highest BCUT2D eigenvalue weighted by Crippen LogP contribution is 2.32. The van der Waals surface area contributed by atoms with Crippen LogP contribution in [0.3, 0.4) is 0 Å². The molecule has 9 heteroatoms. The molecule has 5 rings (SSSR count). The molecule has 0 spiro atoms. The summed E-state index contributed by atoms with van der Waals surface area (Å²) in [6.45, 7) is 1.73. The maximum absolute atomic E-state index is 11.8. The Kier molecular flexibility index (Phi) is 4.09. The average Bonchev–Trinajstić information content (AvgIpc) is 3.46. The Balaban J connectivity index is 1.42. The van der Waals surface area contributed by atoms with Crippen molar-refractivity contribution in [1.29, 1.82) is 0 Å². The minimum atomic E-state index is -0.592. The second-order valence-corrected chi connectivity index (χ2v) is 7.04. The van der Waals surface area contributed by atoms with Gasteiger partial charge in [-0.25, -0.2) is 9.97 Å². The van der Waals surface area contributed by atoms with Crippen LogP contribution in [0, 0.1) is 0 Å². The van der Waals surface area contributed by atoms with Gasteiger partial charge in [0.1, 0.15) is 18.2 Å². The van der Waals surface area contributed by atoms with E-state index in [0.717, 1.165) is 16.9 Å². The van der Waals surface area contributed by atoms with Gasteiger partial charge in [-0.05, 0) is 24.3 Å². The van der Waals surface area contributed by atoms with E-state index in [1.54, 1.807) is 17.4 Å². The number of aliphatic hydroxyl groups is 1. The zero-order valence-corrected chi connectivity index (χ0v) is 15.6. The molecule has 1 aliphatic heterocycles. The average molecular weight is 390 g/mol. The molecule has 4 aromatic rings. The zero-order chi connectivity index (χ0) is 20.0. The Labute approximate surface area is 165 Å². The Morgan fingerprint density at radius 1 is 1.21 bits per heavy atom. The first kappa shape index (κ1) is 17.5. The van der Waals surface area contributed by atoms with Crippen molar-refractivity contribution in [1.82, 2.24) is 29.6 Å². The summed E-state index contributed by atoms with van der Waals surface area (Å²) < 4.78 is 7.29. The molecular weight excluding hydrogens is 372 g/mol. The third-order valence-electron chi connectivity index (χ3n) is 5.12. The number of para-hydroxylation sites is 2. The molecule has 146 valence electrons. The Morgan fingerprint density at radius 2 is 2.07 bits per heavy atom. The summed E-state index contributed by atoms with van der Waals surface area (Å²) in [6.07, 6.45) is 3.20. The van der Waals surface area contributed by atoms with E-state index in [9.17, 15) is 9.90 Å². The molecule has 9 nitrogen and oxygen atoms in total. The number of likely N-dealkylation sites (tertiary alicyclic amines) is 1. The van der Waals surface area contributed by atoms with Gasteiger partial charge >= 0.3 is 0 Å². The lowest BCUT2D eigenvalue weighted by Crippen LogP contribution is -2.29. The first-order chi connectivity index (χ1) is 14.1. The van der Waals surface area contributed by atoms with Gasteiger partial charge in [0.05, 0.1) is 17.1 Å². The molecule has 29 heavy (non-hydrogen) atoms. The molecule has 3 aromatic heterocycles. The van der Waals surface area contributed by atoms with Crippen LogP contribution in [0.15, 0.2) is 53.4 Å².